The van der Waals surface area contributed by atoms with Crippen molar-refractivity contribution in [2.24, 2.45) is 0 Å². The Balaban J connectivity index is 2.90. The van der Waals surface area contributed by atoms with E-state index in [1.165, 1.54) is 19.1 Å². The predicted octanol–water partition coefficient (Wildman–Crippen LogP) is 0.495. The molecule has 0 aromatic carbocycles. The highest BCUT2D eigenvalue weighted by atomic mass is 16.5. The minimum atomic E-state index is -0.639. The monoisotopic (exact) mass is 281 g/mol. The highest BCUT2D eigenvalue weighted by Gasteiger charge is 2.41. The van der Waals surface area contributed by atoms with E-state index in [1.807, 2.05) is 0 Å². The van der Waals surface area contributed by atoms with Crippen LogP contribution in [0.25, 0.3) is 0 Å². The summed E-state index contributed by atoms with van der Waals surface area (Å²) in [6.07, 6.45) is 6.80. The molecule has 1 fully saturated rings. The topological polar surface area (TPSA) is 72.9 Å². The van der Waals surface area contributed by atoms with Crippen LogP contribution < -0.4 is 0 Å². The number of terminal acetylenes is 1. The maximum Gasteiger partial charge on any atom is 0.328 e. The summed E-state index contributed by atoms with van der Waals surface area (Å²) in [5.41, 5.74) is 0. The third-order valence-corrected chi connectivity index (χ3v) is 3.37. The van der Waals surface area contributed by atoms with Crippen LogP contribution in [0, 0.1) is 12.3 Å². The number of rotatable bonds is 6. The second-order valence-corrected chi connectivity index (χ2v) is 4.56. The molecule has 6 heteroatoms. The molecular weight excluding hydrogens is 262 g/mol. The Morgan fingerprint density at radius 3 is 2.70 bits per heavy atom. The number of esters is 2. The predicted molar refractivity (Wildman–Crippen MR) is 70.4 cm³/mol. The van der Waals surface area contributed by atoms with Crippen LogP contribution in [0.4, 0.5) is 0 Å². The minimum absolute atomic E-state index is 0.0252. The van der Waals surface area contributed by atoms with Gasteiger partial charge in [0.25, 0.3) is 0 Å². The summed E-state index contributed by atoms with van der Waals surface area (Å²) >= 11 is 0. The van der Waals surface area contributed by atoms with Gasteiger partial charge in [0.1, 0.15) is 6.04 Å². The Kier molecular flexibility index (Phi) is 6.04. The molecule has 1 heterocycles. The standard InChI is InChI=1S/C14H19NO5/c1-4-5-6-10(9-13(17)19-2)15-11(14(18)20-3)7-8-12(15)16/h1,10-11H,5-9H2,2-3H3. The summed E-state index contributed by atoms with van der Waals surface area (Å²) in [5.74, 6) is 1.42. The first-order valence-electron chi connectivity index (χ1n) is 6.44. The van der Waals surface area contributed by atoms with E-state index >= 15 is 0 Å². The van der Waals surface area contributed by atoms with Crippen LogP contribution in [0.2, 0.25) is 0 Å². The second-order valence-electron chi connectivity index (χ2n) is 4.56. The number of likely N-dealkylation sites (tertiary alicyclic amines) is 1. The molecule has 1 rings (SSSR count). The van der Waals surface area contributed by atoms with E-state index in [0.29, 0.717) is 19.3 Å². The number of ether oxygens (including phenoxy) is 2. The van der Waals surface area contributed by atoms with Crippen molar-refractivity contribution in [1.82, 2.24) is 4.90 Å². The lowest BCUT2D eigenvalue weighted by Gasteiger charge is -2.31. The van der Waals surface area contributed by atoms with E-state index in [9.17, 15) is 14.4 Å². The average Bonchev–Trinajstić information content (AvgIpc) is 2.84. The van der Waals surface area contributed by atoms with Crippen molar-refractivity contribution < 1.29 is 23.9 Å². The first-order valence-corrected chi connectivity index (χ1v) is 6.44. The van der Waals surface area contributed by atoms with Crippen LogP contribution >= 0.6 is 0 Å². The van der Waals surface area contributed by atoms with Gasteiger partial charge in [-0.2, -0.15) is 0 Å². The molecule has 2 unspecified atom stereocenters. The largest absolute Gasteiger partial charge is 0.469 e. The molecule has 0 N–H and O–H groups in total. The Morgan fingerprint density at radius 1 is 1.45 bits per heavy atom. The molecule has 0 bridgehead atoms. The van der Waals surface area contributed by atoms with Crippen LogP contribution in [-0.4, -0.2) is 49.0 Å². The van der Waals surface area contributed by atoms with E-state index in [2.05, 4.69) is 10.7 Å². The van der Waals surface area contributed by atoms with Gasteiger partial charge in [-0.3, -0.25) is 9.59 Å². The minimum Gasteiger partial charge on any atom is -0.469 e. The molecule has 0 aromatic heterocycles. The SMILES string of the molecule is C#CCCC(CC(=O)OC)N1C(=O)CCC1C(=O)OC. The lowest BCUT2D eigenvalue weighted by Crippen LogP contribution is -2.47. The Labute approximate surface area is 118 Å². The van der Waals surface area contributed by atoms with Crippen molar-refractivity contribution in [3.8, 4) is 12.3 Å². The van der Waals surface area contributed by atoms with Crippen molar-refractivity contribution in [2.45, 2.75) is 44.2 Å². The van der Waals surface area contributed by atoms with Crippen LogP contribution in [0.15, 0.2) is 0 Å². The van der Waals surface area contributed by atoms with Crippen LogP contribution in [0.3, 0.4) is 0 Å². The zero-order valence-corrected chi connectivity index (χ0v) is 11.8. The molecular formula is C14H19NO5. The molecule has 1 aliphatic heterocycles. The summed E-state index contributed by atoms with van der Waals surface area (Å²) in [4.78, 5) is 36.6. The van der Waals surface area contributed by atoms with Gasteiger partial charge in [0, 0.05) is 18.9 Å². The van der Waals surface area contributed by atoms with Gasteiger partial charge < -0.3 is 14.4 Å². The van der Waals surface area contributed by atoms with Gasteiger partial charge >= 0.3 is 11.9 Å². The highest BCUT2D eigenvalue weighted by molar-refractivity contribution is 5.88. The smallest absolute Gasteiger partial charge is 0.328 e. The lowest BCUT2D eigenvalue weighted by molar-refractivity contribution is -0.153. The van der Waals surface area contributed by atoms with Gasteiger partial charge in [0.15, 0.2) is 0 Å². The van der Waals surface area contributed by atoms with E-state index in [4.69, 9.17) is 11.2 Å². The summed E-state index contributed by atoms with van der Waals surface area (Å²) in [7, 11) is 2.56. The molecule has 2 atom stereocenters. The molecule has 0 aromatic rings. The normalized spacial score (nSPS) is 19.4. The van der Waals surface area contributed by atoms with Gasteiger partial charge in [0.2, 0.25) is 5.91 Å². The van der Waals surface area contributed by atoms with Crippen molar-refractivity contribution in [3.05, 3.63) is 0 Å². The molecule has 1 aliphatic rings. The number of carbonyl (C=O) groups excluding carboxylic acids is 3. The lowest BCUT2D eigenvalue weighted by atomic mass is 10.0. The maximum absolute atomic E-state index is 12.0. The number of hydrogen-bond acceptors (Lipinski definition) is 5. The molecule has 6 nitrogen and oxygen atoms in total. The van der Waals surface area contributed by atoms with Crippen LogP contribution in [0.1, 0.15) is 32.1 Å². The van der Waals surface area contributed by atoms with Crippen molar-refractivity contribution in [2.75, 3.05) is 14.2 Å². The highest BCUT2D eigenvalue weighted by Crippen LogP contribution is 2.26. The third-order valence-electron chi connectivity index (χ3n) is 3.37. The fraction of sp³-hybridized carbons (Fsp3) is 0.643. The quantitative estimate of drug-likeness (QED) is 0.523. The zero-order chi connectivity index (χ0) is 15.1. The van der Waals surface area contributed by atoms with Crippen LogP contribution in [-0.2, 0) is 23.9 Å². The van der Waals surface area contributed by atoms with E-state index < -0.39 is 24.0 Å². The van der Waals surface area contributed by atoms with Crippen LogP contribution in [0.5, 0.6) is 0 Å². The number of hydrogen-bond donors (Lipinski definition) is 0. The summed E-state index contributed by atoms with van der Waals surface area (Å²) in [6.45, 7) is 0. The Morgan fingerprint density at radius 2 is 2.15 bits per heavy atom. The first kappa shape index (κ1) is 16.0. The first-order chi connectivity index (χ1) is 9.54. The number of amides is 1. The Bertz CT molecular complexity index is 426. The maximum atomic E-state index is 12.0. The van der Waals surface area contributed by atoms with E-state index in [1.54, 1.807) is 0 Å². The fourth-order valence-corrected chi connectivity index (χ4v) is 2.39. The van der Waals surface area contributed by atoms with E-state index in [-0.39, 0.29) is 18.7 Å². The van der Waals surface area contributed by atoms with Gasteiger partial charge in [-0.15, -0.1) is 12.3 Å². The van der Waals surface area contributed by atoms with Gasteiger partial charge in [-0.25, -0.2) is 4.79 Å². The second kappa shape index (κ2) is 7.53. The fourth-order valence-electron chi connectivity index (χ4n) is 2.39. The average molecular weight is 281 g/mol. The van der Waals surface area contributed by atoms with E-state index in [0.717, 1.165) is 0 Å². The number of nitrogens with zero attached hydrogens (tertiary/aromatic N) is 1. The van der Waals surface area contributed by atoms with Gasteiger partial charge in [-0.1, -0.05) is 0 Å². The third kappa shape index (κ3) is 3.73. The summed E-state index contributed by atoms with van der Waals surface area (Å²) in [5, 5.41) is 0. The molecule has 0 spiro atoms. The van der Waals surface area contributed by atoms with Crippen molar-refractivity contribution in [3.63, 3.8) is 0 Å². The molecule has 0 radical (unpaired) electrons. The van der Waals surface area contributed by atoms with Gasteiger partial charge in [-0.05, 0) is 12.8 Å². The molecule has 1 saturated heterocycles. The molecule has 110 valence electrons. The van der Waals surface area contributed by atoms with Crippen molar-refractivity contribution in [1.29, 1.82) is 0 Å². The number of methoxy groups -OCH3 is 2. The molecule has 0 aliphatic carbocycles. The van der Waals surface area contributed by atoms with Crippen molar-refractivity contribution >= 4 is 17.8 Å². The molecule has 0 saturated carbocycles. The summed E-state index contributed by atoms with van der Waals surface area (Å²) < 4.78 is 9.34. The Hall–Kier alpha value is -2.03. The summed E-state index contributed by atoms with van der Waals surface area (Å²) in [6, 6.07) is -1.07. The van der Waals surface area contributed by atoms with Gasteiger partial charge in [0.05, 0.1) is 20.6 Å². The number of carbonyl (C=O) groups is 3. The molecule has 20 heavy (non-hydrogen) atoms. The zero-order valence-electron chi connectivity index (χ0n) is 11.8. The molecule has 1 amide bonds.